The van der Waals surface area contributed by atoms with E-state index in [1.807, 2.05) is 13.8 Å². The van der Waals surface area contributed by atoms with Gasteiger partial charge in [0, 0.05) is 0 Å². The van der Waals surface area contributed by atoms with Gasteiger partial charge < -0.3 is 10.1 Å². The molecule has 32 heavy (non-hydrogen) atoms. The van der Waals surface area contributed by atoms with Crippen LogP contribution in [0.1, 0.15) is 115 Å². The third-order valence-corrected chi connectivity index (χ3v) is 5.99. The molecule has 0 heterocycles. The van der Waals surface area contributed by atoms with Crippen molar-refractivity contribution in [3.63, 3.8) is 0 Å². The molecule has 1 amide bonds. The molecule has 0 saturated carbocycles. The Hall–Kier alpha value is -1.55. The number of ether oxygens (including phenoxy) is 1. The molecule has 1 rings (SSSR count). The number of carbonyl (C=O) groups excluding carboxylic acids is 2. The van der Waals surface area contributed by atoms with E-state index in [0.717, 1.165) is 12.8 Å². The molecule has 0 bridgehead atoms. The van der Waals surface area contributed by atoms with Gasteiger partial charge in [0.25, 0.3) is 5.91 Å². The first-order chi connectivity index (χ1) is 15.5. The third kappa shape index (κ3) is 13.1. The molecule has 0 aromatic heterocycles. The minimum absolute atomic E-state index is 0.255. The Morgan fingerprint density at radius 1 is 0.875 bits per heavy atom. The fourth-order valence-corrected chi connectivity index (χ4v) is 4.00. The Kier molecular flexibility index (Phi) is 16.0. The van der Waals surface area contributed by atoms with Crippen molar-refractivity contribution < 1.29 is 14.3 Å². The van der Waals surface area contributed by atoms with Crippen LogP contribution in [-0.4, -0.2) is 24.5 Å². The van der Waals surface area contributed by atoms with Crippen molar-refractivity contribution in [3.8, 4) is 0 Å². The SMILES string of the molecule is CCCCCCCCCCCCCCOC(=O)C(CC(C)C)NC(=O)c1ccccc1Cl. The van der Waals surface area contributed by atoms with Crippen LogP contribution in [0.5, 0.6) is 0 Å². The molecular formula is C27H44ClNO3. The summed E-state index contributed by atoms with van der Waals surface area (Å²) in [6.07, 6.45) is 15.8. The van der Waals surface area contributed by atoms with Crippen LogP contribution in [0.15, 0.2) is 24.3 Å². The maximum Gasteiger partial charge on any atom is 0.328 e. The topological polar surface area (TPSA) is 55.4 Å². The van der Waals surface area contributed by atoms with Gasteiger partial charge in [0.2, 0.25) is 0 Å². The van der Waals surface area contributed by atoms with Crippen molar-refractivity contribution in [1.29, 1.82) is 0 Å². The van der Waals surface area contributed by atoms with Crippen LogP contribution < -0.4 is 5.32 Å². The van der Waals surface area contributed by atoms with Crippen LogP contribution in [0.3, 0.4) is 0 Å². The zero-order chi connectivity index (χ0) is 23.6. The lowest BCUT2D eigenvalue weighted by atomic mass is 10.0. The van der Waals surface area contributed by atoms with Gasteiger partial charge in [-0.05, 0) is 30.9 Å². The van der Waals surface area contributed by atoms with Crippen molar-refractivity contribution in [1.82, 2.24) is 5.32 Å². The summed E-state index contributed by atoms with van der Waals surface area (Å²) in [6.45, 7) is 6.71. The standard InChI is InChI=1S/C27H44ClNO3/c1-4-5-6-7-8-9-10-11-12-13-14-17-20-32-27(31)25(21-22(2)3)29-26(30)23-18-15-16-19-24(23)28/h15-16,18-19,22,25H,4-14,17,20-21H2,1-3H3,(H,29,30). The zero-order valence-corrected chi connectivity index (χ0v) is 21.2. The second-order valence-electron chi connectivity index (χ2n) is 9.19. The van der Waals surface area contributed by atoms with Crippen LogP contribution in [0, 0.1) is 5.92 Å². The molecular weight excluding hydrogens is 422 g/mol. The molecule has 0 aliphatic carbocycles. The number of nitrogens with one attached hydrogen (secondary N) is 1. The minimum Gasteiger partial charge on any atom is -0.464 e. The highest BCUT2D eigenvalue weighted by atomic mass is 35.5. The second-order valence-corrected chi connectivity index (χ2v) is 9.60. The number of amides is 1. The minimum atomic E-state index is -0.656. The van der Waals surface area contributed by atoms with Crippen LogP contribution in [0.4, 0.5) is 0 Å². The van der Waals surface area contributed by atoms with Crippen LogP contribution in [-0.2, 0) is 9.53 Å². The van der Waals surface area contributed by atoms with Gasteiger partial charge in [-0.2, -0.15) is 0 Å². The van der Waals surface area contributed by atoms with E-state index in [1.165, 1.54) is 64.2 Å². The number of hydrogen-bond donors (Lipinski definition) is 1. The molecule has 4 nitrogen and oxygen atoms in total. The first-order valence-corrected chi connectivity index (χ1v) is 13.1. The third-order valence-electron chi connectivity index (χ3n) is 5.66. The van der Waals surface area contributed by atoms with E-state index >= 15 is 0 Å². The lowest BCUT2D eigenvalue weighted by Gasteiger charge is -2.19. The molecule has 0 aliphatic heterocycles. The normalized spacial score (nSPS) is 12.0. The quantitative estimate of drug-likeness (QED) is 0.178. The van der Waals surface area contributed by atoms with E-state index in [4.69, 9.17) is 16.3 Å². The van der Waals surface area contributed by atoms with Crippen molar-refractivity contribution in [3.05, 3.63) is 34.9 Å². The summed E-state index contributed by atoms with van der Waals surface area (Å²) in [5.74, 6) is -0.448. The smallest absolute Gasteiger partial charge is 0.328 e. The Morgan fingerprint density at radius 2 is 1.41 bits per heavy atom. The summed E-state index contributed by atoms with van der Waals surface area (Å²) in [5, 5.41) is 3.18. The van der Waals surface area contributed by atoms with E-state index in [2.05, 4.69) is 12.2 Å². The lowest BCUT2D eigenvalue weighted by molar-refractivity contribution is -0.146. The van der Waals surface area contributed by atoms with Crippen LogP contribution in [0.2, 0.25) is 5.02 Å². The summed E-state index contributed by atoms with van der Waals surface area (Å²) in [6, 6.07) is 6.19. The van der Waals surface area contributed by atoms with E-state index in [0.29, 0.717) is 23.6 Å². The summed E-state index contributed by atoms with van der Waals surface area (Å²) in [5.41, 5.74) is 0.372. The van der Waals surface area contributed by atoms with Gasteiger partial charge in [-0.1, -0.05) is 115 Å². The number of hydrogen-bond acceptors (Lipinski definition) is 3. The predicted molar refractivity (Wildman–Crippen MR) is 134 cm³/mol. The van der Waals surface area contributed by atoms with Gasteiger partial charge >= 0.3 is 5.97 Å². The summed E-state index contributed by atoms with van der Waals surface area (Å²) in [7, 11) is 0. The van der Waals surface area contributed by atoms with E-state index in [1.54, 1.807) is 24.3 Å². The van der Waals surface area contributed by atoms with Crippen molar-refractivity contribution in [2.24, 2.45) is 5.92 Å². The maximum atomic E-state index is 12.6. The zero-order valence-electron chi connectivity index (χ0n) is 20.5. The molecule has 1 N–H and O–H groups in total. The number of carbonyl (C=O) groups is 2. The molecule has 0 aliphatic rings. The van der Waals surface area contributed by atoms with Crippen molar-refractivity contribution in [2.45, 2.75) is 110 Å². The van der Waals surface area contributed by atoms with E-state index < -0.39 is 6.04 Å². The van der Waals surface area contributed by atoms with Crippen molar-refractivity contribution in [2.75, 3.05) is 6.61 Å². The first kappa shape index (κ1) is 28.5. The molecule has 0 fully saturated rings. The molecule has 5 heteroatoms. The molecule has 1 atom stereocenters. The highest BCUT2D eigenvalue weighted by Crippen LogP contribution is 2.16. The number of benzene rings is 1. The van der Waals surface area contributed by atoms with Gasteiger partial charge in [0.15, 0.2) is 0 Å². The highest BCUT2D eigenvalue weighted by molar-refractivity contribution is 6.33. The number of unbranched alkanes of at least 4 members (excludes halogenated alkanes) is 11. The Bertz CT molecular complexity index is 648. The Labute approximate surface area is 200 Å². The monoisotopic (exact) mass is 465 g/mol. The Balaban J connectivity index is 2.21. The number of rotatable bonds is 18. The van der Waals surface area contributed by atoms with Crippen LogP contribution in [0.25, 0.3) is 0 Å². The molecule has 1 aromatic carbocycles. The van der Waals surface area contributed by atoms with E-state index in [9.17, 15) is 9.59 Å². The van der Waals surface area contributed by atoms with E-state index in [-0.39, 0.29) is 17.8 Å². The van der Waals surface area contributed by atoms with Gasteiger partial charge in [-0.25, -0.2) is 4.79 Å². The number of halogens is 1. The Morgan fingerprint density at radius 3 is 1.94 bits per heavy atom. The lowest BCUT2D eigenvalue weighted by Crippen LogP contribution is -2.42. The average Bonchev–Trinajstić information content (AvgIpc) is 2.76. The predicted octanol–water partition coefficient (Wildman–Crippen LogP) is 7.73. The summed E-state index contributed by atoms with van der Waals surface area (Å²) in [4.78, 5) is 25.1. The molecule has 0 spiro atoms. The van der Waals surface area contributed by atoms with Gasteiger partial charge in [-0.15, -0.1) is 0 Å². The summed E-state index contributed by atoms with van der Waals surface area (Å²) >= 11 is 6.11. The second kappa shape index (κ2) is 17.9. The molecule has 1 aromatic rings. The highest BCUT2D eigenvalue weighted by Gasteiger charge is 2.24. The number of esters is 1. The first-order valence-electron chi connectivity index (χ1n) is 12.7. The maximum absolute atomic E-state index is 12.6. The van der Waals surface area contributed by atoms with Crippen molar-refractivity contribution >= 4 is 23.5 Å². The fourth-order valence-electron chi connectivity index (χ4n) is 3.78. The largest absolute Gasteiger partial charge is 0.464 e. The molecule has 182 valence electrons. The molecule has 0 radical (unpaired) electrons. The van der Waals surface area contributed by atoms with Crippen LogP contribution >= 0.6 is 11.6 Å². The average molecular weight is 466 g/mol. The fraction of sp³-hybridized carbons (Fsp3) is 0.704. The molecule has 0 saturated heterocycles. The molecule has 1 unspecified atom stereocenters. The summed E-state index contributed by atoms with van der Waals surface area (Å²) < 4.78 is 5.48. The van der Waals surface area contributed by atoms with Gasteiger partial charge in [-0.3, -0.25) is 4.79 Å². The van der Waals surface area contributed by atoms with Gasteiger partial charge in [0.1, 0.15) is 6.04 Å². The van der Waals surface area contributed by atoms with Gasteiger partial charge in [0.05, 0.1) is 17.2 Å².